The van der Waals surface area contributed by atoms with Crippen molar-refractivity contribution in [2.75, 3.05) is 11.9 Å². The smallest absolute Gasteiger partial charge is 0.324 e. The Labute approximate surface area is 215 Å². The summed E-state index contributed by atoms with van der Waals surface area (Å²) in [4.78, 5) is 25.6. The SMILES string of the molecule is CC(C)(F)c1cc(-n2c3nc(Nc4ccc5c(c4)CCNC5(C)C)ncc3c(=O)n2CC(F)(F)F)ccn1. The molecule has 0 unspecified atom stereocenters. The average molecular weight is 530 g/mol. The molecule has 0 atom stereocenters. The van der Waals surface area contributed by atoms with Crippen LogP contribution in [0.2, 0.25) is 0 Å². The highest BCUT2D eigenvalue weighted by molar-refractivity contribution is 5.77. The molecule has 1 aliphatic rings. The highest BCUT2D eigenvalue weighted by atomic mass is 19.4. The molecule has 12 heteroatoms. The van der Waals surface area contributed by atoms with Crippen LogP contribution in [0.3, 0.4) is 0 Å². The number of benzene rings is 1. The fourth-order valence-electron chi connectivity index (χ4n) is 4.76. The first-order chi connectivity index (χ1) is 17.7. The molecule has 4 aromatic rings. The van der Waals surface area contributed by atoms with E-state index in [0.717, 1.165) is 23.2 Å². The topological polar surface area (TPSA) is 89.7 Å². The van der Waals surface area contributed by atoms with Gasteiger partial charge in [0.1, 0.15) is 17.6 Å². The summed E-state index contributed by atoms with van der Waals surface area (Å²) in [5.74, 6) is 0.101. The Morgan fingerprint density at radius 3 is 2.58 bits per heavy atom. The first-order valence-corrected chi connectivity index (χ1v) is 12.1. The number of aromatic nitrogens is 5. The Hall–Kier alpha value is -3.80. The first-order valence-electron chi connectivity index (χ1n) is 12.1. The minimum atomic E-state index is -4.69. The second-order valence-corrected chi connectivity index (χ2v) is 10.4. The van der Waals surface area contributed by atoms with Crippen molar-refractivity contribution >= 4 is 22.7 Å². The summed E-state index contributed by atoms with van der Waals surface area (Å²) in [5, 5.41) is 6.48. The summed E-state index contributed by atoms with van der Waals surface area (Å²) in [6.07, 6.45) is -1.37. The lowest BCUT2D eigenvalue weighted by Gasteiger charge is -2.34. The molecule has 2 N–H and O–H groups in total. The third-order valence-corrected chi connectivity index (χ3v) is 6.60. The second kappa shape index (κ2) is 8.90. The number of fused-ring (bicyclic) bond motifs is 2. The van der Waals surface area contributed by atoms with Gasteiger partial charge in [-0.05, 0) is 76.1 Å². The second-order valence-electron chi connectivity index (χ2n) is 10.4. The summed E-state index contributed by atoms with van der Waals surface area (Å²) in [5.41, 5.74) is 0.170. The zero-order valence-corrected chi connectivity index (χ0v) is 21.3. The standard InChI is InChI=1S/C26H27F4N7O/c1-24(2,27)20-12-17(8-9-31-20)37-21-18(22(38)36(37)14-26(28,29)30)13-32-23(35-21)34-16-5-6-19-15(11-16)7-10-33-25(19,3)4/h5-6,8-9,11-13,33H,7,10,14H2,1-4H3,(H,32,34,35). The van der Waals surface area contributed by atoms with Crippen molar-refractivity contribution in [3.63, 3.8) is 0 Å². The lowest BCUT2D eigenvalue weighted by Crippen LogP contribution is -2.42. The van der Waals surface area contributed by atoms with Crippen molar-refractivity contribution in [1.82, 2.24) is 29.6 Å². The molecule has 5 rings (SSSR count). The average Bonchev–Trinajstić information content (AvgIpc) is 3.07. The monoisotopic (exact) mass is 529 g/mol. The van der Waals surface area contributed by atoms with Gasteiger partial charge in [-0.3, -0.25) is 9.78 Å². The molecule has 3 aromatic heterocycles. The maximum absolute atomic E-state index is 14.6. The Morgan fingerprint density at radius 1 is 1.11 bits per heavy atom. The number of rotatable bonds is 5. The van der Waals surface area contributed by atoms with E-state index in [4.69, 9.17) is 0 Å². The van der Waals surface area contributed by atoms with Gasteiger partial charge in [0.15, 0.2) is 5.65 Å². The van der Waals surface area contributed by atoms with Crippen LogP contribution in [0.15, 0.2) is 47.5 Å². The van der Waals surface area contributed by atoms with Gasteiger partial charge in [-0.2, -0.15) is 18.2 Å². The molecule has 4 heterocycles. The fourth-order valence-corrected chi connectivity index (χ4v) is 4.76. The van der Waals surface area contributed by atoms with Gasteiger partial charge in [-0.15, -0.1) is 0 Å². The van der Waals surface area contributed by atoms with Crippen molar-refractivity contribution in [3.05, 3.63) is 69.9 Å². The van der Waals surface area contributed by atoms with Crippen LogP contribution in [0.25, 0.3) is 16.7 Å². The van der Waals surface area contributed by atoms with E-state index in [2.05, 4.69) is 39.4 Å². The zero-order valence-electron chi connectivity index (χ0n) is 21.3. The lowest BCUT2D eigenvalue weighted by molar-refractivity contribution is -0.144. The van der Waals surface area contributed by atoms with Crippen LogP contribution in [-0.4, -0.2) is 37.0 Å². The van der Waals surface area contributed by atoms with Gasteiger partial charge in [0.25, 0.3) is 5.56 Å². The van der Waals surface area contributed by atoms with E-state index in [0.29, 0.717) is 10.4 Å². The van der Waals surface area contributed by atoms with Crippen LogP contribution in [0.5, 0.6) is 0 Å². The van der Waals surface area contributed by atoms with E-state index < -0.39 is 23.9 Å². The van der Waals surface area contributed by atoms with Crippen molar-refractivity contribution in [2.45, 2.75) is 58.0 Å². The molecule has 0 fully saturated rings. The van der Waals surface area contributed by atoms with Crippen molar-refractivity contribution < 1.29 is 17.6 Å². The van der Waals surface area contributed by atoms with Crippen LogP contribution in [0.4, 0.5) is 29.2 Å². The Balaban J connectivity index is 1.63. The van der Waals surface area contributed by atoms with Gasteiger partial charge < -0.3 is 10.6 Å². The van der Waals surface area contributed by atoms with Gasteiger partial charge in [-0.25, -0.2) is 18.7 Å². The zero-order chi connectivity index (χ0) is 27.5. The third kappa shape index (κ3) is 4.87. The lowest BCUT2D eigenvalue weighted by atomic mass is 9.85. The predicted octanol–water partition coefficient (Wildman–Crippen LogP) is 4.87. The fraction of sp³-hybridized carbons (Fsp3) is 0.385. The molecule has 0 bridgehead atoms. The third-order valence-electron chi connectivity index (χ3n) is 6.60. The molecule has 0 spiro atoms. The molecular weight excluding hydrogens is 502 g/mol. The van der Waals surface area contributed by atoms with Gasteiger partial charge >= 0.3 is 6.18 Å². The summed E-state index contributed by atoms with van der Waals surface area (Å²) >= 11 is 0. The molecular formula is C26H27F4N7O. The molecule has 200 valence electrons. The van der Waals surface area contributed by atoms with E-state index in [9.17, 15) is 22.4 Å². The number of halogens is 4. The van der Waals surface area contributed by atoms with Crippen LogP contribution in [-0.2, 0) is 24.2 Å². The number of hydrogen-bond acceptors (Lipinski definition) is 6. The number of anilines is 2. The first kappa shape index (κ1) is 25.8. The maximum atomic E-state index is 14.6. The highest BCUT2D eigenvalue weighted by Gasteiger charge is 2.32. The molecule has 0 amide bonds. The number of nitrogens with zero attached hydrogens (tertiary/aromatic N) is 5. The minimum absolute atomic E-state index is 0.00161. The largest absolute Gasteiger partial charge is 0.408 e. The molecule has 0 saturated heterocycles. The van der Waals surface area contributed by atoms with Gasteiger partial charge in [0, 0.05) is 23.6 Å². The van der Waals surface area contributed by atoms with E-state index in [1.807, 2.05) is 18.2 Å². The summed E-state index contributed by atoms with van der Waals surface area (Å²) in [6.45, 7) is 6.05. The van der Waals surface area contributed by atoms with Gasteiger partial charge in [-0.1, -0.05) is 6.07 Å². The molecule has 8 nitrogen and oxygen atoms in total. The van der Waals surface area contributed by atoms with Crippen LogP contribution < -0.4 is 16.2 Å². The van der Waals surface area contributed by atoms with Crippen molar-refractivity contribution in [1.29, 1.82) is 0 Å². The number of alkyl halides is 4. The minimum Gasteiger partial charge on any atom is -0.324 e. The Morgan fingerprint density at radius 2 is 1.87 bits per heavy atom. The van der Waals surface area contributed by atoms with Gasteiger partial charge in [0.05, 0.1) is 11.4 Å². The highest BCUT2D eigenvalue weighted by Crippen LogP contribution is 2.31. The van der Waals surface area contributed by atoms with Crippen LogP contribution in [0.1, 0.15) is 44.5 Å². The molecule has 1 aromatic carbocycles. The Kier molecular flexibility index (Phi) is 6.05. The molecule has 0 saturated carbocycles. The van der Waals surface area contributed by atoms with E-state index in [1.54, 1.807) is 0 Å². The number of nitrogens with one attached hydrogen (secondary N) is 2. The van der Waals surface area contributed by atoms with E-state index in [1.165, 1.54) is 43.9 Å². The predicted molar refractivity (Wildman–Crippen MR) is 136 cm³/mol. The normalized spacial score (nSPS) is 15.5. The van der Waals surface area contributed by atoms with Gasteiger partial charge in [0.2, 0.25) is 5.95 Å². The van der Waals surface area contributed by atoms with Crippen molar-refractivity contribution in [2.24, 2.45) is 0 Å². The van der Waals surface area contributed by atoms with Crippen molar-refractivity contribution in [3.8, 4) is 5.69 Å². The molecule has 38 heavy (non-hydrogen) atoms. The number of hydrogen-bond donors (Lipinski definition) is 2. The summed E-state index contributed by atoms with van der Waals surface area (Å²) in [6, 6.07) is 8.58. The molecule has 0 aliphatic carbocycles. The molecule has 1 aliphatic heterocycles. The maximum Gasteiger partial charge on any atom is 0.408 e. The molecule has 0 radical (unpaired) electrons. The quantitative estimate of drug-likeness (QED) is 0.359. The van der Waals surface area contributed by atoms with E-state index in [-0.39, 0.29) is 33.9 Å². The number of pyridine rings is 1. The summed E-state index contributed by atoms with van der Waals surface area (Å²) < 4.78 is 56.6. The summed E-state index contributed by atoms with van der Waals surface area (Å²) in [7, 11) is 0. The van der Waals surface area contributed by atoms with E-state index >= 15 is 0 Å². The Bertz CT molecular complexity index is 1580. The van der Waals surface area contributed by atoms with Crippen LogP contribution >= 0.6 is 0 Å². The van der Waals surface area contributed by atoms with Crippen LogP contribution in [0, 0.1) is 0 Å².